The van der Waals surface area contributed by atoms with Crippen molar-refractivity contribution in [3.63, 3.8) is 0 Å². The van der Waals surface area contributed by atoms with Gasteiger partial charge in [0.25, 0.3) is 0 Å². The number of ether oxygens (including phenoxy) is 2. The molecular weight excluding hydrogens is 344 g/mol. The molecule has 0 amide bonds. The molecule has 0 unspecified atom stereocenters. The van der Waals surface area contributed by atoms with Crippen LogP contribution in [0.25, 0.3) is 22.2 Å². The fourth-order valence-corrected chi connectivity index (χ4v) is 3.62. The first-order chi connectivity index (χ1) is 13.1. The van der Waals surface area contributed by atoms with Gasteiger partial charge in [0.15, 0.2) is 18.1 Å². The van der Waals surface area contributed by atoms with Crippen LogP contribution >= 0.6 is 0 Å². The number of nitrogens with zero attached hydrogens (tertiary/aromatic N) is 2. The number of terminal acetylenes is 1. The Morgan fingerprint density at radius 3 is 2.48 bits per heavy atom. The monoisotopic (exact) mass is 362 g/mol. The van der Waals surface area contributed by atoms with Crippen LogP contribution in [0.2, 0.25) is 0 Å². The third kappa shape index (κ3) is 2.40. The second-order valence-electron chi connectivity index (χ2n) is 6.15. The molecule has 27 heavy (non-hydrogen) atoms. The van der Waals surface area contributed by atoms with Crippen LogP contribution in [0.4, 0.5) is 0 Å². The van der Waals surface area contributed by atoms with Gasteiger partial charge in [-0.1, -0.05) is 11.1 Å². The number of aromatic hydroxyl groups is 1. The molecule has 1 heterocycles. The summed E-state index contributed by atoms with van der Waals surface area (Å²) in [5, 5.41) is 15.2. The Morgan fingerprint density at radius 1 is 1.11 bits per heavy atom. The van der Waals surface area contributed by atoms with Crippen molar-refractivity contribution in [1.82, 2.24) is 4.57 Å². The molecule has 136 valence electrons. The Morgan fingerprint density at radius 2 is 1.81 bits per heavy atom. The van der Waals surface area contributed by atoms with E-state index in [0.29, 0.717) is 17.2 Å². The number of oxime groups is 1. The molecule has 2 aromatic carbocycles. The molecule has 0 spiro atoms. The Labute approximate surface area is 156 Å². The van der Waals surface area contributed by atoms with Gasteiger partial charge >= 0.3 is 0 Å². The first kappa shape index (κ1) is 16.9. The molecule has 0 aliphatic heterocycles. The highest BCUT2D eigenvalue weighted by atomic mass is 16.6. The molecule has 0 saturated heterocycles. The fraction of sp³-hybridized carbons (Fsp3) is 0.190. The van der Waals surface area contributed by atoms with Gasteiger partial charge in [-0.05, 0) is 30.3 Å². The average Bonchev–Trinajstić information content (AvgIpc) is 3.14. The third-order valence-corrected chi connectivity index (χ3v) is 4.76. The minimum Gasteiger partial charge on any atom is -0.508 e. The summed E-state index contributed by atoms with van der Waals surface area (Å²) in [6.45, 7) is 0.0669. The van der Waals surface area contributed by atoms with Gasteiger partial charge in [0, 0.05) is 34.6 Å². The van der Waals surface area contributed by atoms with Crippen LogP contribution in [0.15, 0.2) is 35.5 Å². The van der Waals surface area contributed by atoms with Gasteiger partial charge < -0.3 is 24.0 Å². The summed E-state index contributed by atoms with van der Waals surface area (Å²) in [4.78, 5) is 5.31. The molecule has 6 nitrogen and oxygen atoms in total. The van der Waals surface area contributed by atoms with Crippen molar-refractivity contribution < 1.29 is 19.4 Å². The van der Waals surface area contributed by atoms with Crippen molar-refractivity contribution >= 4 is 16.6 Å². The zero-order valence-corrected chi connectivity index (χ0v) is 15.2. The zero-order valence-electron chi connectivity index (χ0n) is 15.2. The molecule has 4 rings (SSSR count). The quantitative estimate of drug-likeness (QED) is 0.344. The van der Waals surface area contributed by atoms with E-state index in [-0.39, 0.29) is 12.4 Å². The van der Waals surface area contributed by atoms with Gasteiger partial charge in [0.05, 0.1) is 19.9 Å². The van der Waals surface area contributed by atoms with Crippen LogP contribution in [-0.2, 0) is 11.9 Å². The first-order valence-corrected chi connectivity index (χ1v) is 8.32. The Hall–Kier alpha value is -3.59. The predicted molar refractivity (Wildman–Crippen MR) is 104 cm³/mol. The van der Waals surface area contributed by atoms with Crippen LogP contribution in [0, 0.1) is 12.3 Å². The van der Waals surface area contributed by atoms with E-state index < -0.39 is 0 Å². The number of aryl methyl sites for hydroxylation is 1. The minimum atomic E-state index is 0.0669. The number of methoxy groups -OCH3 is 2. The summed E-state index contributed by atoms with van der Waals surface area (Å²) in [5.74, 6) is 3.82. The molecule has 0 fully saturated rings. The van der Waals surface area contributed by atoms with E-state index >= 15 is 0 Å². The SMILES string of the molecule is C#CCO/N=C1/c2cc(OC)c(OC)cc2-c2c1c1cc(O)ccc1n2C. The topological polar surface area (TPSA) is 65.2 Å². The van der Waals surface area contributed by atoms with E-state index in [2.05, 4.69) is 15.6 Å². The Kier molecular flexibility index (Phi) is 3.93. The summed E-state index contributed by atoms with van der Waals surface area (Å²) in [7, 11) is 5.17. The van der Waals surface area contributed by atoms with Crippen molar-refractivity contribution in [2.75, 3.05) is 20.8 Å². The second-order valence-corrected chi connectivity index (χ2v) is 6.15. The minimum absolute atomic E-state index is 0.0669. The van der Waals surface area contributed by atoms with E-state index in [0.717, 1.165) is 33.3 Å². The zero-order chi connectivity index (χ0) is 19.1. The van der Waals surface area contributed by atoms with E-state index in [1.165, 1.54) is 0 Å². The van der Waals surface area contributed by atoms with E-state index in [9.17, 15) is 5.11 Å². The van der Waals surface area contributed by atoms with Crippen LogP contribution in [0.3, 0.4) is 0 Å². The van der Waals surface area contributed by atoms with Crippen LogP contribution < -0.4 is 9.47 Å². The second kappa shape index (κ2) is 6.29. The Balaban J connectivity index is 2.07. The molecule has 6 heteroatoms. The van der Waals surface area contributed by atoms with Gasteiger partial charge in [0.2, 0.25) is 0 Å². The summed E-state index contributed by atoms with van der Waals surface area (Å²) >= 11 is 0. The van der Waals surface area contributed by atoms with Gasteiger partial charge in [-0.15, -0.1) is 6.42 Å². The molecular formula is C21H18N2O4. The molecule has 0 saturated carbocycles. The molecule has 0 bridgehead atoms. The summed E-state index contributed by atoms with van der Waals surface area (Å²) < 4.78 is 13.0. The number of phenols is 1. The normalized spacial score (nSPS) is 13.3. The number of phenolic OH excluding ortho intramolecular Hbond substituents is 1. The maximum atomic E-state index is 10.0. The highest BCUT2D eigenvalue weighted by Gasteiger charge is 2.33. The van der Waals surface area contributed by atoms with E-state index in [4.69, 9.17) is 20.7 Å². The number of rotatable bonds is 4. The summed E-state index contributed by atoms with van der Waals surface area (Å²) in [5.41, 5.74) is 5.27. The van der Waals surface area contributed by atoms with Gasteiger partial charge in [-0.2, -0.15) is 0 Å². The van der Waals surface area contributed by atoms with Gasteiger partial charge in [-0.3, -0.25) is 0 Å². The molecule has 1 aliphatic rings. The van der Waals surface area contributed by atoms with Crippen molar-refractivity contribution in [2.24, 2.45) is 12.2 Å². The standard InChI is InChI=1S/C21H18N2O4/c1-5-8-27-22-20-13-10-17(25-3)18(26-4)11-14(13)21-19(20)15-9-12(24)6-7-16(15)23(21)2/h1,6-7,9-11,24H,8H2,2-4H3/b22-20-. The van der Waals surface area contributed by atoms with Crippen LogP contribution in [-0.4, -0.2) is 36.2 Å². The highest BCUT2D eigenvalue weighted by molar-refractivity contribution is 6.30. The maximum absolute atomic E-state index is 10.0. The summed E-state index contributed by atoms with van der Waals surface area (Å²) in [6.07, 6.45) is 5.28. The Bertz CT molecular complexity index is 1140. The highest BCUT2D eigenvalue weighted by Crippen LogP contribution is 2.47. The van der Waals surface area contributed by atoms with Crippen molar-refractivity contribution in [3.8, 4) is 40.8 Å². The first-order valence-electron chi connectivity index (χ1n) is 8.32. The maximum Gasteiger partial charge on any atom is 0.177 e. The summed E-state index contributed by atoms with van der Waals surface area (Å²) in [6, 6.07) is 9.07. The predicted octanol–water partition coefficient (Wildman–Crippen LogP) is 3.28. The number of aromatic nitrogens is 1. The fourth-order valence-electron chi connectivity index (χ4n) is 3.62. The van der Waals surface area contributed by atoms with Crippen molar-refractivity contribution in [3.05, 3.63) is 41.5 Å². The van der Waals surface area contributed by atoms with Crippen molar-refractivity contribution in [2.45, 2.75) is 0 Å². The van der Waals surface area contributed by atoms with Crippen LogP contribution in [0.5, 0.6) is 17.2 Å². The average molecular weight is 362 g/mol. The van der Waals surface area contributed by atoms with Gasteiger partial charge in [0.1, 0.15) is 11.5 Å². The van der Waals surface area contributed by atoms with E-state index in [1.807, 2.05) is 25.2 Å². The number of fused-ring (bicyclic) bond motifs is 5. The lowest BCUT2D eigenvalue weighted by Gasteiger charge is -2.12. The smallest absolute Gasteiger partial charge is 0.177 e. The molecule has 1 aliphatic carbocycles. The van der Waals surface area contributed by atoms with Crippen LogP contribution in [0.1, 0.15) is 11.1 Å². The number of hydrogen-bond acceptors (Lipinski definition) is 5. The molecule has 1 N–H and O–H groups in total. The van der Waals surface area contributed by atoms with Gasteiger partial charge in [-0.25, -0.2) is 0 Å². The molecule has 0 atom stereocenters. The lowest BCUT2D eigenvalue weighted by Crippen LogP contribution is -2.02. The lowest BCUT2D eigenvalue weighted by molar-refractivity contribution is 0.180. The largest absolute Gasteiger partial charge is 0.508 e. The van der Waals surface area contributed by atoms with Crippen molar-refractivity contribution in [1.29, 1.82) is 0 Å². The molecule has 3 aromatic rings. The molecule has 0 radical (unpaired) electrons. The third-order valence-electron chi connectivity index (χ3n) is 4.76. The number of benzene rings is 2. The molecule has 1 aromatic heterocycles. The lowest BCUT2D eigenvalue weighted by atomic mass is 10.1. The number of hydrogen-bond donors (Lipinski definition) is 1. The van der Waals surface area contributed by atoms with E-state index in [1.54, 1.807) is 26.4 Å².